The minimum Gasteiger partial charge on any atom is -0.412 e. The lowest BCUT2D eigenvalue weighted by molar-refractivity contribution is 0.127. The molecular formula is C10H15N3O. The van der Waals surface area contributed by atoms with Gasteiger partial charge in [-0.25, -0.2) is 0 Å². The number of aryl methyl sites for hydroxylation is 1. The molecule has 4 nitrogen and oxygen atoms in total. The van der Waals surface area contributed by atoms with Crippen LogP contribution in [-0.2, 0) is 0 Å². The molecule has 0 saturated carbocycles. The summed E-state index contributed by atoms with van der Waals surface area (Å²) in [6, 6.07) is 1.91. The molecule has 2 heterocycles. The molecule has 2 rings (SSSR count). The Balaban J connectivity index is 2.71. The molecule has 0 spiro atoms. The highest BCUT2D eigenvalue weighted by Gasteiger charge is 2.11. The van der Waals surface area contributed by atoms with E-state index in [1.54, 1.807) is 0 Å². The maximum atomic E-state index is 5.73. The van der Waals surface area contributed by atoms with Gasteiger partial charge in [0.25, 0.3) is 0 Å². The molecule has 4 heteroatoms. The predicted molar refractivity (Wildman–Crippen MR) is 56.4 cm³/mol. The highest BCUT2D eigenvalue weighted by molar-refractivity contribution is 5.56. The van der Waals surface area contributed by atoms with Crippen molar-refractivity contribution in [3.8, 4) is 0 Å². The standard InChI is InChI=1S/C10H15N3O/c1-4-14-13-8(3)7(2)12-6-9(11)5-10(12)13/h5-6H,4,11H2,1-3H3. The largest absolute Gasteiger partial charge is 0.412 e. The predicted octanol–water partition coefficient (Wildman–Crippen LogP) is 1.39. The van der Waals surface area contributed by atoms with E-state index in [4.69, 9.17) is 10.6 Å². The van der Waals surface area contributed by atoms with Gasteiger partial charge in [0, 0.05) is 18.0 Å². The monoisotopic (exact) mass is 193 g/mol. The number of nitrogens with two attached hydrogens (primary N) is 1. The number of hydrogen-bond donors (Lipinski definition) is 1. The summed E-state index contributed by atoms with van der Waals surface area (Å²) >= 11 is 0. The van der Waals surface area contributed by atoms with Gasteiger partial charge in [-0.2, -0.15) is 4.73 Å². The number of nitrogens with zero attached hydrogens (tertiary/aromatic N) is 2. The molecule has 14 heavy (non-hydrogen) atoms. The number of rotatable bonds is 2. The van der Waals surface area contributed by atoms with Crippen LogP contribution in [0.15, 0.2) is 12.3 Å². The maximum Gasteiger partial charge on any atom is 0.155 e. The smallest absolute Gasteiger partial charge is 0.155 e. The summed E-state index contributed by atoms with van der Waals surface area (Å²) in [4.78, 5) is 5.52. The Bertz CT molecular complexity index is 467. The summed E-state index contributed by atoms with van der Waals surface area (Å²) in [5, 5.41) is 0. The van der Waals surface area contributed by atoms with Crippen LogP contribution in [0.4, 0.5) is 5.69 Å². The van der Waals surface area contributed by atoms with Gasteiger partial charge in [0.1, 0.15) is 6.61 Å². The van der Waals surface area contributed by atoms with Crippen LogP contribution < -0.4 is 10.6 Å². The first-order valence-electron chi connectivity index (χ1n) is 4.74. The Morgan fingerprint density at radius 2 is 2.07 bits per heavy atom. The average molecular weight is 193 g/mol. The van der Waals surface area contributed by atoms with E-state index in [2.05, 4.69) is 6.92 Å². The number of fused-ring (bicyclic) bond motifs is 1. The SMILES string of the molecule is CCOn1c(C)c(C)n2cc(N)cc12. The van der Waals surface area contributed by atoms with E-state index in [9.17, 15) is 0 Å². The molecule has 0 unspecified atom stereocenters. The van der Waals surface area contributed by atoms with Crippen molar-refractivity contribution in [2.45, 2.75) is 20.8 Å². The molecule has 0 aliphatic carbocycles. The molecule has 0 aliphatic rings. The molecule has 0 aromatic carbocycles. The highest BCUT2D eigenvalue weighted by atomic mass is 16.7. The zero-order valence-corrected chi connectivity index (χ0v) is 8.74. The molecule has 2 aromatic rings. The maximum absolute atomic E-state index is 5.73. The second-order valence-corrected chi connectivity index (χ2v) is 3.38. The van der Waals surface area contributed by atoms with Crippen LogP contribution >= 0.6 is 0 Å². The third-order valence-electron chi connectivity index (χ3n) is 2.48. The molecule has 76 valence electrons. The lowest BCUT2D eigenvalue weighted by atomic mass is 10.4. The number of imidazole rings is 1. The fourth-order valence-electron chi connectivity index (χ4n) is 1.68. The van der Waals surface area contributed by atoms with Gasteiger partial charge in [-0.3, -0.25) is 0 Å². The molecule has 0 aliphatic heterocycles. The number of hydrogen-bond acceptors (Lipinski definition) is 2. The topological polar surface area (TPSA) is 44.6 Å². The van der Waals surface area contributed by atoms with Crippen molar-refractivity contribution < 1.29 is 4.84 Å². The average Bonchev–Trinajstić information content (AvgIpc) is 2.61. The summed E-state index contributed by atoms with van der Waals surface area (Å²) in [7, 11) is 0. The van der Waals surface area contributed by atoms with Crippen LogP contribution in [0.1, 0.15) is 18.3 Å². The van der Waals surface area contributed by atoms with Crippen LogP contribution in [0.25, 0.3) is 5.65 Å². The number of nitrogen functional groups attached to an aromatic ring is 1. The molecular weight excluding hydrogens is 178 g/mol. The van der Waals surface area contributed by atoms with Crippen LogP contribution in [0, 0.1) is 13.8 Å². The molecule has 0 radical (unpaired) electrons. The fourth-order valence-corrected chi connectivity index (χ4v) is 1.68. The van der Waals surface area contributed by atoms with Crippen LogP contribution in [0.3, 0.4) is 0 Å². The Morgan fingerprint density at radius 1 is 1.36 bits per heavy atom. The van der Waals surface area contributed by atoms with Crippen molar-refractivity contribution in [1.82, 2.24) is 9.13 Å². The number of anilines is 1. The lowest BCUT2D eigenvalue weighted by Crippen LogP contribution is -2.11. The van der Waals surface area contributed by atoms with E-state index < -0.39 is 0 Å². The van der Waals surface area contributed by atoms with Gasteiger partial charge in [-0.1, -0.05) is 0 Å². The first kappa shape index (κ1) is 8.99. The van der Waals surface area contributed by atoms with Gasteiger partial charge in [-0.05, 0) is 20.8 Å². The van der Waals surface area contributed by atoms with E-state index in [0.29, 0.717) is 6.61 Å². The van der Waals surface area contributed by atoms with E-state index in [-0.39, 0.29) is 0 Å². The quantitative estimate of drug-likeness (QED) is 0.783. The van der Waals surface area contributed by atoms with E-state index in [1.165, 1.54) is 0 Å². The van der Waals surface area contributed by atoms with Gasteiger partial charge >= 0.3 is 0 Å². The van der Waals surface area contributed by atoms with Gasteiger partial charge < -0.3 is 15.0 Å². The summed E-state index contributed by atoms with van der Waals surface area (Å²) < 4.78 is 3.87. The van der Waals surface area contributed by atoms with Crippen molar-refractivity contribution in [2.24, 2.45) is 0 Å². The highest BCUT2D eigenvalue weighted by Crippen LogP contribution is 2.19. The minimum atomic E-state index is 0.649. The third-order valence-corrected chi connectivity index (χ3v) is 2.48. The van der Waals surface area contributed by atoms with E-state index in [1.807, 2.05) is 35.2 Å². The first-order valence-corrected chi connectivity index (χ1v) is 4.74. The Morgan fingerprint density at radius 3 is 2.71 bits per heavy atom. The normalized spacial score (nSPS) is 11.1. The lowest BCUT2D eigenvalue weighted by Gasteiger charge is -2.05. The molecule has 0 amide bonds. The Hall–Kier alpha value is -1.58. The zero-order valence-electron chi connectivity index (χ0n) is 8.74. The molecule has 0 atom stereocenters. The molecule has 0 bridgehead atoms. The van der Waals surface area contributed by atoms with E-state index in [0.717, 1.165) is 22.7 Å². The summed E-state index contributed by atoms with van der Waals surface area (Å²) in [5.74, 6) is 0. The fraction of sp³-hybridized carbons (Fsp3) is 0.400. The van der Waals surface area contributed by atoms with Crippen LogP contribution in [0.2, 0.25) is 0 Å². The zero-order chi connectivity index (χ0) is 10.3. The molecule has 0 fully saturated rings. The van der Waals surface area contributed by atoms with Crippen molar-refractivity contribution in [1.29, 1.82) is 0 Å². The van der Waals surface area contributed by atoms with E-state index >= 15 is 0 Å². The van der Waals surface area contributed by atoms with Crippen molar-refractivity contribution in [3.05, 3.63) is 23.7 Å². The van der Waals surface area contributed by atoms with Crippen LogP contribution in [-0.4, -0.2) is 15.7 Å². The van der Waals surface area contributed by atoms with Gasteiger partial charge in [0.05, 0.1) is 11.4 Å². The molecule has 2 aromatic heterocycles. The summed E-state index contributed by atoms with van der Waals surface area (Å²) in [6.45, 7) is 6.71. The Kier molecular flexibility index (Phi) is 1.91. The molecule has 2 N–H and O–H groups in total. The van der Waals surface area contributed by atoms with Crippen molar-refractivity contribution in [3.63, 3.8) is 0 Å². The van der Waals surface area contributed by atoms with Gasteiger partial charge in [0.15, 0.2) is 5.65 Å². The second kappa shape index (κ2) is 2.97. The van der Waals surface area contributed by atoms with Gasteiger partial charge in [-0.15, -0.1) is 0 Å². The third kappa shape index (κ3) is 1.07. The Labute approximate surface area is 82.8 Å². The summed E-state index contributed by atoms with van der Waals surface area (Å²) in [5.41, 5.74) is 9.75. The minimum absolute atomic E-state index is 0.649. The van der Waals surface area contributed by atoms with Crippen molar-refractivity contribution in [2.75, 3.05) is 12.3 Å². The summed E-state index contributed by atoms with van der Waals surface area (Å²) in [6.07, 6.45) is 1.91. The molecule has 0 saturated heterocycles. The van der Waals surface area contributed by atoms with Crippen molar-refractivity contribution >= 4 is 11.3 Å². The number of aromatic nitrogens is 2. The first-order chi connectivity index (χ1) is 6.65. The van der Waals surface area contributed by atoms with Gasteiger partial charge in [0.2, 0.25) is 0 Å². The van der Waals surface area contributed by atoms with Crippen LogP contribution in [0.5, 0.6) is 0 Å². The second-order valence-electron chi connectivity index (χ2n) is 3.38.